The molecule has 3 aromatic carbocycles. The molecule has 0 heterocycles. The van der Waals surface area contributed by atoms with Crippen molar-refractivity contribution in [3.8, 4) is 23.7 Å². The van der Waals surface area contributed by atoms with Crippen LogP contribution >= 0.6 is 0 Å². The van der Waals surface area contributed by atoms with Crippen molar-refractivity contribution in [1.82, 2.24) is 5.32 Å². The first-order chi connectivity index (χ1) is 12.7. The molecule has 0 saturated heterocycles. The maximum Gasteiger partial charge on any atom is 0.251 e. The molecule has 0 aliphatic heterocycles. The molecule has 1 N–H and O–H groups in total. The summed E-state index contributed by atoms with van der Waals surface area (Å²) in [4.78, 5) is 12.1. The van der Waals surface area contributed by atoms with Crippen LogP contribution in [0, 0.1) is 23.7 Å². The maximum atomic E-state index is 12.1. The zero-order chi connectivity index (χ0) is 18.2. The fourth-order valence-corrected chi connectivity index (χ4v) is 2.38. The number of nitrogens with one attached hydrogen (secondary N) is 1. The SMILES string of the molecule is CNC(=O)c1cc(C#Cc2ccccc2)cc(C#Cc2ccccc2)c1. The second-order valence-electron chi connectivity index (χ2n) is 5.61. The lowest BCUT2D eigenvalue weighted by Gasteiger charge is -2.02. The van der Waals surface area contributed by atoms with E-state index in [-0.39, 0.29) is 5.91 Å². The molecule has 0 bridgehead atoms. The third-order valence-electron chi connectivity index (χ3n) is 3.67. The molecule has 0 spiro atoms. The number of rotatable bonds is 1. The Morgan fingerprint density at radius 2 is 1.08 bits per heavy atom. The van der Waals surface area contributed by atoms with Gasteiger partial charge in [-0.2, -0.15) is 0 Å². The number of carbonyl (C=O) groups excluding carboxylic acids is 1. The van der Waals surface area contributed by atoms with Gasteiger partial charge in [0.05, 0.1) is 0 Å². The van der Waals surface area contributed by atoms with Crippen molar-refractivity contribution < 1.29 is 4.79 Å². The normalized spacial score (nSPS) is 9.27. The van der Waals surface area contributed by atoms with Crippen LogP contribution in [0.25, 0.3) is 0 Å². The molecular formula is C24H17NO. The van der Waals surface area contributed by atoms with Gasteiger partial charge >= 0.3 is 0 Å². The third-order valence-corrected chi connectivity index (χ3v) is 3.67. The van der Waals surface area contributed by atoms with Crippen LogP contribution in [0.1, 0.15) is 32.6 Å². The number of carbonyl (C=O) groups is 1. The molecule has 0 fully saturated rings. The largest absolute Gasteiger partial charge is 0.355 e. The van der Waals surface area contributed by atoms with Crippen molar-refractivity contribution in [3.05, 3.63) is 107 Å². The van der Waals surface area contributed by atoms with Crippen LogP contribution in [0.3, 0.4) is 0 Å². The number of amides is 1. The highest BCUT2D eigenvalue weighted by molar-refractivity contribution is 5.94. The van der Waals surface area contributed by atoms with E-state index >= 15 is 0 Å². The lowest BCUT2D eigenvalue weighted by Crippen LogP contribution is -2.18. The quantitative estimate of drug-likeness (QED) is 0.673. The van der Waals surface area contributed by atoms with Crippen molar-refractivity contribution in [3.63, 3.8) is 0 Å². The van der Waals surface area contributed by atoms with Gasteiger partial charge in [-0.25, -0.2) is 0 Å². The summed E-state index contributed by atoms with van der Waals surface area (Å²) in [6.07, 6.45) is 0. The Kier molecular flexibility index (Phi) is 5.51. The van der Waals surface area contributed by atoms with Crippen molar-refractivity contribution >= 4 is 5.91 Å². The fraction of sp³-hybridized carbons (Fsp3) is 0.0417. The van der Waals surface area contributed by atoms with Gasteiger partial charge in [0.25, 0.3) is 5.91 Å². The first-order valence-corrected chi connectivity index (χ1v) is 8.26. The van der Waals surface area contributed by atoms with E-state index in [4.69, 9.17) is 0 Å². The zero-order valence-corrected chi connectivity index (χ0v) is 14.4. The molecule has 0 aliphatic carbocycles. The Balaban J connectivity index is 1.98. The highest BCUT2D eigenvalue weighted by atomic mass is 16.1. The van der Waals surface area contributed by atoms with Gasteiger partial charge < -0.3 is 5.32 Å². The molecular weight excluding hydrogens is 318 g/mol. The van der Waals surface area contributed by atoms with Crippen LogP contribution < -0.4 is 5.32 Å². The molecule has 2 heteroatoms. The van der Waals surface area contributed by atoms with Crippen LogP contribution in [-0.4, -0.2) is 13.0 Å². The van der Waals surface area contributed by atoms with Crippen LogP contribution in [0.15, 0.2) is 78.9 Å². The summed E-state index contributed by atoms with van der Waals surface area (Å²) in [6, 6.07) is 25.0. The molecule has 0 saturated carbocycles. The molecule has 0 radical (unpaired) electrons. The minimum atomic E-state index is -0.156. The summed E-state index contributed by atoms with van der Waals surface area (Å²) in [6.45, 7) is 0. The lowest BCUT2D eigenvalue weighted by molar-refractivity contribution is 0.0963. The minimum Gasteiger partial charge on any atom is -0.355 e. The van der Waals surface area contributed by atoms with Gasteiger partial charge in [-0.05, 0) is 42.5 Å². The Hall–Kier alpha value is -3.75. The van der Waals surface area contributed by atoms with E-state index in [9.17, 15) is 4.79 Å². The topological polar surface area (TPSA) is 29.1 Å². The van der Waals surface area contributed by atoms with Gasteiger partial charge in [-0.3, -0.25) is 4.79 Å². The third kappa shape index (κ3) is 4.63. The average Bonchev–Trinajstić information content (AvgIpc) is 2.71. The average molecular weight is 335 g/mol. The van der Waals surface area contributed by atoms with Gasteiger partial charge in [0, 0.05) is 34.9 Å². The molecule has 0 aliphatic rings. The molecule has 1 amide bonds. The van der Waals surface area contributed by atoms with E-state index in [1.54, 1.807) is 19.2 Å². The van der Waals surface area contributed by atoms with E-state index in [2.05, 4.69) is 29.0 Å². The van der Waals surface area contributed by atoms with Gasteiger partial charge in [-0.15, -0.1) is 0 Å². The monoisotopic (exact) mass is 335 g/mol. The van der Waals surface area contributed by atoms with Crippen molar-refractivity contribution in [1.29, 1.82) is 0 Å². The van der Waals surface area contributed by atoms with E-state index < -0.39 is 0 Å². The van der Waals surface area contributed by atoms with E-state index in [1.165, 1.54) is 0 Å². The molecule has 3 rings (SSSR count). The predicted molar refractivity (Wildman–Crippen MR) is 105 cm³/mol. The number of hydrogen-bond acceptors (Lipinski definition) is 1. The first-order valence-electron chi connectivity index (χ1n) is 8.26. The Morgan fingerprint density at radius 3 is 1.50 bits per heavy atom. The standard InChI is InChI=1S/C24H17NO/c1-25-24(26)23-17-21(14-12-19-8-4-2-5-9-19)16-22(18-23)15-13-20-10-6-3-7-11-20/h2-11,16-18H,1H3,(H,25,26). The Bertz CT molecular complexity index is 954. The Labute approximate surface area is 153 Å². The molecule has 26 heavy (non-hydrogen) atoms. The van der Waals surface area contributed by atoms with E-state index in [0.717, 1.165) is 22.3 Å². The van der Waals surface area contributed by atoms with Gasteiger partial charge in [-0.1, -0.05) is 60.1 Å². The summed E-state index contributed by atoms with van der Waals surface area (Å²) in [7, 11) is 1.61. The zero-order valence-electron chi connectivity index (χ0n) is 14.4. The van der Waals surface area contributed by atoms with E-state index in [1.807, 2.05) is 66.7 Å². The van der Waals surface area contributed by atoms with Gasteiger partial charge in [0.2, 0.25) is 0 Å². The van der Waals surface area contributed by atoms with Gasteiger partial charge in [0.15, 0.2) is 0 Å². The highest BCUT2D eigenvalue weighted by Gasteiger charge is 2.05. The lowest BCUT2D eigenvalue weighted by atomic mass is 10.0. The highest BCUT2D eigenvalue weighted by Crippen LogP contribution is 2.10. The predicted octanol–water partition coefficient (Wildman–Crippen LogP) is 3.85. The molecule has 124 valence electrons. The second kappa shape index (κ2) is 8.38. The fourth-order valence-electron chi connectivity index (χ4n) is 2.38. The molecule has 3 aromatic rings. The summed E-state index contributed by atoms with van der Waals surface area (Å²) in [5.41, 5.74) is 3.91. The van der Waals surface area contributed by atoms with Crippen LogP contribution in [0.4, 0.5) is 0 Å². The van der Waals surface area contributed by atoms with Crippen molar-refractivity contribution in [2.45, 2.75) is 0 Å². The molecule has 0 unspecified atom stereocenters. The van der Waals surface area contributed by atoms with Crippen LogP contribution in [-0.2, 0) is 0 Å². The number of benzene rings is 3. The summed E-state index contributed by atoms with van der Waals surface area (Å²) < 4.78 is 0. The molecule has 0 atom stereocenters. The van der Waals surface area contributed by atoms with Crippen molar-refractivity contribution in [2.75, 3.05) is 7.05 Å². The minimum absolute atomic E-state index is 0.156. The Morgan fingerprint density at radius 1 is 0.654 bits per heavy atom. The van der Waals surface area contributed by atoms with E-state index in [0.29, 0.717) is 5.56 Å². The van der Waals surface area contributed by atoms with Crippen LogP contribution in [0.5, 0.6) is 0 Å². The first kappa shape index (κ1) is 17.1. The van der Waals surface area contributed by atoms with Crippen molar-refractivity contribution in [2.24, 2.45) is 0 Å². The summed E-state index contributed by atoms with van der Waals surface area (Å²) in [5, 5.41) is 2.65. The summed E-state index contributed by atoms with van der Waals surface area (Å²) >= 11 is 0. The summed E-state index contributed by atoms with van der Waals surface area (Å²) in [5.74, 6) is 12.3. The maximum absolute atomic E-state index is 12.1. The molecule has 2 nitrogen and oxygen atoms in total. The second-order valence-corrected chi connectivity index (χ2v) is 5.61. The van der Waals surface area contributed by atoms with Crippen LogP contribution in [0.2, 0.25) is 0 Å². The number of hydrogen-bond donors (Lipinski definition) is 1. The molecule has 0 aromatic heterocycles. The van der Waals surface area contributed by atoms with Gasteiger partial charge in [0.1, 0.15) is 0 Å². The smallest absolute Gasteiger partial charge is 0.251 e.